The summed E-state index contributed by atoms with van der Waals surface area (Å²) in [5.74, 6) is -0.814. The van der Waals surface area contributed by atoms with Crippen LogP contribution in [0, 0.1) is 5.95 Å². The molecule has 1 amide bonds. The molecule has 0 aliphatic rings. The highest BCUT2D eigenvalue weighted by Crippen LogP contribution is 2.23. The summed E-state index contributed by atoms with van der Waals surface area (Å²) in [6.07, 6.45) is 1.27. The molecule has 0 aromatic carbocycles. The van der Waals surface area contributed by atoms with Crippen molar-refractivity contribution in [3.8, 4) is 0 Å². The van der Waals surface area contributed by atoms with Gasteiger partial charge in [-0.2, -0.15) is 4.39 Å². The molecule has 16 heavy (non-hydrogen) atoms. The summed E-state index contributed by atoms with van der Waals surface area (Å²) in [5.41, 5.74) is 0.465. The smallest absolute Gasteiger partial charge is 0.266 e. The lowest BCUT2D eigenvalue weighted by molar-refractivity contribution is 0.103. The summed E-state index contributed by atoms with van der Waals surface area (Å²) in [4.78, 5) is 15.7. The van der Waals surface area contributed by atoms with E-state index in [0.29, 0.717) is 10.6 Å². The fraction of sp³-hybridized carbons (Fsp3) is 0. The number of hydrogen-bond acceptors (Lipinski definition) is 3. The van der Waals surface area contributed by atoms with Gasteiger partial charge in [-0.15, -0.1) is 11.3 Å². The lowest BCUT2D eigenvalue weighted by Gasteiger charge is -2.02. The summed E-state index contributed by atoms with van der Waals surface area (Å²) in [7, 11) is 0. The molecule has 0 fully saturated rings. The Balaban J connectivity index is 2.14. The van der Waals surface area contributed by atoms with Gasteiger partial charge in [-0.3, -0.25) is 4.79 Å². The van der Waals surface area contributed by atoms with E-state index in [-0.39, 0.29) is 5.91 Å². The topological polar surface area (TPSA) is 42.0 Å². The maximum atomic E-state index is 12.5. The number of carbonyl (C=O) groups is 1. The molecule has 2 aromatic heterocycles. The Hall–Kier alpha value is -1.27. The van der Waals surface area contributed by atoms with Gasteiger partial charge >= 0.3 is 0 Å². The number of aromatic nitrogens is 1. The number of pyridine rings is 1. The van der Waals surface area contributed by atoms with Crippen molar-refractivity contribution in [2.24, 2.45) is 0 Å². The standard InChI is InChI=1S/C10H6BrFN2OS/c11-7-3-4-16-9(7)10(15)14-6-1-2-8(12)13-5-6/h1-5H,(H,14,15). The molecule has 0 bridgehead atoms. The van der Waals surface area contributed by atoms with Gasteiger partial charge in [0.15, 0.2) is 0 Å². The number of nitrogens with one attached hydrogen (secondary N) is 1. The molecule has 0 unspecified atom stereocenters. The lowest BCUT2D eigenvalue weighted by atomic mass is 10.4. The fourth-order valence-corrected chi connectivity index (χ4v) is 2.54. The monoisotopic (exact) mass is 300 g/mol. The van der Waals surface area contributed by atoms with E-state index in [1.165, 1.54) is 29.7 Å². The van der Waals surface area contributed by atoms with Crippen molar-refractivity contribution in [3.63, 3.8) is 0 Å². The molecule has 2 rings (SSSR count). The molecule has 1 N–H and O–H groups in total. The molecule has 6 heteroatoms. The van der Waals surface area contributed by atoms with Crippen LogP contribution in [0.1, 0.15) is 9.67 Å². The molecule has 0 aliphatic carbocycles. The maximum absolute atomic E-state index is 12.5. The highest BCUT2D eigenvalue weighted by Gasteiger charge is 2.11. The Bertz CT molecular complexity index is 512. The summed E-state index contributed by atoms with van der Waals surface area (Å²) in [5, 5.41) is 4.43. The van der Waals surface area contributed by atoms with Crippen LogP contribution >= 0.6 is 27.3 Å². The third-order valence-electron chi connectivity index (χ3n) is 1.81. The van der Waals surface area contributed by atoms with Crippen molar-refractivity contribution >= 4 is 38.9 Å². The van der Waals surface area contributed by atoms with Crippen molar-refractivity contribution in [1.29, 1.82) is 0 Å². The second-order valence-corrected chi connectivity index (χ2v) is 4.69. The Morgan fingerprint density at radius 2 is 2.25 bits per heavy atom. The normalized spacial score (nSPS) is 10.1. The van der Waals surface area contributed by atoms with E-state index >= 15 is 0 Å². The first-order valence-corrected chi connectivity index (χ1v) is 6.00. The molecule has 0 radical (unpaired) electrons. The molecular formula is C10H6BrFN2OS. The number of amides is 1. The average Bonchev–Trinajstić information content (AvgIpc) is 2.68. The second-order valence-electron chi connectivity index (χ2n) is 2.92. The van der Waals surface area contributed by atoms with Crippen LogP contribution in [0.15, 0.2) is 34.2 Å². The Kier molecular flexibility index (Phi) is 3.31. The van der Waals surface area contributed by atoms with Crippen LogP contribution in [-0.2, 0) is 0 Å². The minimum Gasteiger partial charge on any atom is -0.320 e. The van der Waals surface area contributed by atoms with Crippen LogP contribution in [0.25, 0.3) is 0 Å². The lowest BCUT2D eigenvalue weighted by Crippen LogP contribution is -2.10. The summed E-state index contributed by atoms with van der Waals surface area (Å²) < 4.78 is 13.3. The van der Waals surface area contributed by atoms with Crippen molar-refractivity contribution in [2.75, 3.05) is 5.32 Å². The van der Waals surface area contributed by atoms with Gasteiger partial charge in [-0.25, -0.2) is 4.98 Å². The fourth-order valence-electron chi connectivity index (χ4n) is 1.09. The third-order valence-corrected chi connectivity index (χ3v) is 3.65. The highest BCUT2D eigenvalue weighted by molar-refractivity contribution is 9.10. The van der Waals surface area contributed by atoms with Crippen LogP contribution in [0.5, 0.6) is 0 Å². The van der Waals surface area contributed by atoms with Crippen molar-refractivity contribution in [2.45, 2.75) is 0 Å². The van der Waals surface area contributed by atoms with Gasteiger partial charge in [-0.1, -0.05) is 0 Å². The average molecular weight is 301 g/mol. The van der Waals surface area contributed by atoms with Crippen molar-refractivity contribution in [1.82, 2.24) is 4.98 Å². The molecule has 2 aromatic rings. The molecule has 0 saturated heterocycles. The molecule has 0 atom stereocenters. The first-order valence-electron chi connectivity index (χ1n) is 4.33. The highest BCUT2D eigenvalue weighted by atomic mass is 79.9. The Morgan fingerprint density at radius 3 is 2.81 bits per heavy atom. The van der Waals surface area contributed by atoms with Gasteiger partial charge in [0, 0.05) is 4.47 Å². The zero-order valence-corrected chi connectivity index (χ0v) is 10.3. The van der Waals surface area contributed by atoms with Crippen LogP contribution in [0.2, 0.25) is 0 Å². The van der Waals surface area contributed by atoms with E-state index in [0.717, 1.165) is 4.47 Å². The predicted molar refractivity (Wildman–Crippen MR) is 64.2 cm³/mol. The van der Waals surface area contributed by atoms with E-state index in [9.17, 15) is 9.18 Å². The molecule has 0 spiro atoms. The first-order chi connectivity index (χ1) is 7.66. The second kappa shape index (κ2) is 4.71. The van der Waals surface area contributed by atoms with Crippen molar-refractivity contribution < 1.29 is 9.18 Å². The van der Waals surface area contributed by atoms with E-state index in [2.05, 4.69) is 26.2 Å². The van der Waals surface area contributed by atoms with Crippen LogP contribution in [0.3, 0.4) is 0 Å². The SMILES string of the molecule is O=C(Nc1ccc(F)nc1)c1sccc1Br. The zero-order valence-electron chi connectivity index (χ0n) is 7.91. The van der Waals surface area contributed by atoms with Gasteiger partial charge in [-0.05, 0) is 39.5 Å². The predicted octanol–water partition coefficient (Wildman–Crippen LogP) is 3.30. The van der Waals surface area contributed by atoms with E-state index in [1.807, 2.05) is 5.38 Å². The molecular weight excluding hydrogens is 295 g/mol. The number of thiophene rings is 1. The van der Waals surface area contributed by atoms with E-state index < -0.39 is 5.95 Å². The van der Waals surface area contributed by atoms with E-state index in [4.69, 9.17) is 0 Å². The summed E-state index contributed by atoms with van der Waals surface area (Å²) in [6, 6.07) is 4.45. The Morgan fingerprint density at radius 1 is 1.44 bits per heavy atom. The zero-order chi connectivity index (χ0) is 11.5. The van der Waals surface area contributed by atoms with Crippen LogP contribution < -0.4 is 5.32 Å². The number of nitrogens with zero attached hydrogens (tertiary/aromatic N) is 1. The number of anilines is 1. The minimum atomic E-state index is -0.574. The number of carbonyl (C=O) groups excluding carboxylic acids is 1. The molecule has 0 aliphatic heterocycles. The molecule has 82 valence electrons. The molecule has 0 saturated carbocycles. The summed E-state index contributed by atoms with van der Waals surface area (Å²) >= 11 is 4.59. The first kappa shape index (κ1) is 11.2. The van der Waals surface area contributed by atoms with Gasteiger partial charge in [0.25, 0.3) is 5.91 Å². The number of halogens is 2. The van der Waals surface area contributed by atoms with Crippen LogP contribution in [-0.4, -0.2) is 10.9 Å². The molecule has 2 heterocycles. The van der Waals surface area contributed by atoms with Gasteiger partial charge in [0.05, 0.1) is 11.9 Å². The van der Waals surface area contributed by atoms with Gasteiger partial charge in [0.2, 0.25) is 5.95 Å². The minimum absolute atomic E-state index is 0.240. The van der Waals surface area contributed by atoms with Crippen LogP contribution in [0.4, 0.5) is 10.1 Å². The largest absolute Gasteiger partial charge is 0.320 e. The van der Waals surface area contributed by atoms with Gasteiger partial charge in [0.1, 0.15) is 4.88 Å². The Labute approximate surface area is 103 Å². The summed E-state index contributed by atoms with van der Waals surface area (Å²) in [6.45, 7) is 0. The molecule has 3 nitrogen and oxygen atoms in total. The van der Waals surface area contributed by atoms with Gasteiger partial charge < -0.3 is 5.32 Å². The maximum Gasteiger partial charge on any atom is 0.266 e. The quantitative estimate of drug-likeness (QED) is 0.865. The third kappa shape index (κ3) is 2.45. The van der Waals surface area contributed by atoms with Crippen molar-refractivity contribution in [3.05, 3.63) is 45.1 Å². The number of rotatable bonds is 2. The number of hydrogen-bond donors (Lipinski definition) is 1. The van der Waals surface area contributed by atoms with E-state index in [1.54, 1.807) is 6.07 Å².